The number of carboxylic acid groups (broad SMARTS) is 1. The summed E-state index contributed by atoms with van der Waals surface area (Å²) < 4.78 is 0. The molecular weight excluding hydrogens is 182 g/mol. The Kier molecular flexibility index (Phi) is 2.78. The number of carbonyl (C=O) groups is 1. The summed E-state index contributed by atoms with van der Waals surface area (Å²) in [4.78, 5) is 17.6. The van der Waals surface area contributed by atoms with E-state index in [-0.39, 0.29) is 11.5 Å². The summed E-state index contributed by atoms with van der Waals surface area (Å²) in [5, 5.41) is 11.1. The largest absolute Gasteiger partial charge is 0.465 e. The lowest BCUT2D eigenvalue weighted by atomic mass is 9.86. The number of aromatic nitrogens is 2. The Balaban J connectivity index is 2.89. The van der Waals surface area contributed by atoms with Crippen LogP contribution in [0.1, 0.15) is 32.6 Å². The van der Waals surface area contributed by atoms with Crippen molar-refractivity contribution in [3.63, 3.8) is 0 Å². The lowest BCUT2D eigenvalue weighted by Crippen LogP contribution is -2.36. The van der Waals surface area contributed by atoms with Crippen molar-refractivity contribution in [2.45, 2.75) is 26.8 Å². The predicted molar refractivity (Wildman–Crippen MR) is 51.9 cm³/mol. The number of nitrogens with zero attached hydrogens (tertiary/aromatic N) is 1. The maximum Gasteiger partial charge on any atom is 0.405 e. The highest BCUT2D eigenvalue weighted by molar-refractivity contribution is 5.65. The second-order valence-electron chi connectivity index (χ2n) is 4.22. The van der Waals surface area contributed by atoms with Crippen molar-refractivity contribution in [1.29, 1.82) is 0 Å². The molecule has 0 unspecified atom stereocenters. The molecule has 3 N–H and O–H groups in total. The zero-order valence-electron chi connectivity index (χ0n) is 8.53. The van der Waals surface area contributed by atoms with Crippen molar-refractivity contribution in [1.82, 2.24) is 15.3 Å². The van der Waals surface area contributed by atoms with Gasteiger partial charge in [-0.05, 0) is 5.41 Å². The molecule has 0 bridgehead atoms. The van der Waals surface area contributed by atoms with E-state index in [9.17, 15) is 4.79 Å². The van der Waals surface area contributed by atoms with E-state index in [1.165, 1.54) is 0 Å². The van der Waals surface area contributed by atoms with E-state index in [2.05, 4.69) is 15.3 Å². The van der Waals surface area contributed by atoms with Gasteiger partial charge in [0.05, 0.1) is 6.04 Å². The second kappa shape index (κ2) is 3.69. The SMILES string of the molecule is CC(C)(C)[C@H](NC(=O)O)c1ncc[nH]1. The van der Waals surface area contributed by atoms with Crippen molar-refractivity contribution in [3.8, 4) is 0 Å². The number of imidazole rings is 1. The standard InChI is InChI=1S/C9H15N3O2/c1-9(2,3)6(12-8(13)14)7-10-4-5-11-7/h4-6,12H,1-3H3,(H,10,11)(H,13,14)/t6-/m1/s1. The molecule has 0 fully saturated rings. The minimum atomic E-state index is -1.04. The Morgan fingerprint density at radius 3 is 2.64 bits per heavy atom. The van der Waals surface area contributed by atoms with Crippen molar-refractivity contribution < 1.29 is 9.90 Å². The van der Waals surface area contributed by atoms with E-state index in [0.717, 1.165) is 0 Å². The molecule has 1 aromatic rings. The number of rotatable bonds is 2. The molecule has 0 saturated carbocycles. The highest BCUT2D eigenvalue weighted by Crippen LogP contribution is 2.30. The van der Waals surface area contributed by atoms with Gasteiger partial charge in [0, 0.05) is 12.4 Å². The van der Waals surface area contributed by atoms with Gasteiger partial charge >= 0.3 is 6.09 Å². The zero-order valence-corrected chi connectivity index (χ0v) is 8.53. The van der Waals surface area contributed by atoms with E-state index >= 15 is 0 Å². The number of amides is 1. The van der Waals surface area contributed by atoms with Gasteiger partial charge in [-0.1, -0.05) is 20.8 Å². The molecule has 1 aromatic heterocycles. The number of H-pyrrole nitrogens is 1. The Hall–Kier alpha value is -1.52. The molecule has 0 aromatic carbocycles. The van der Waals surface area contributed by atoms with E-state index in [1.54, 1.807) is 12.4 Å². The first kappa shape index (κ1) is 10.6. The first-order chi connectivity index (χ1) is 6.41. The van der Waals surface area contributed by atoms with E-state index in [4.69, 9.17) is 5.11 Å². The maximum absolute atomic E-state index is 10.6. The van der Waals surface area contributed by atoms with Gasteiger partial charge in [0.15, 0.2) is 0 Å². The minimum Gasteiger partial charge on any atom is -0.465 e. The summed E-state index contributed by atoms with van der Waals surface area (Å²) in [7, 11) is 0. The van der Waals surface area contributed by atoms with Gasteiger partial charge in [-0.25, -0.2) is 9.78 Å². The lowest BCUT2D eigenvalue weighted by molar-refractivity contribution is 0.173. The summed E-state index contributed by atoms with van der Waals surface area (Å²) in [5.74, 6) is 0.639. The molecule has 1 rings (SSSR count). The van der Waals surface area contributed by atoms with Crippen LogP contribution in [0.25, 0.3) is 0 Å². The highest BCUT2D eigenvalue weighted by Gasteiger charge is 2.29. The van der Waals surface area contributed by atoms with E-state index < -0.39 is 6.09 Å². The molecule has 0 aliphatic heterocycles. The molecule has 78 valence electrons. The Labute approximate surface area is 82.6 Å². The molecule has 0 radical (unpaired) electrons. The van der Waals surface area contributed by atoms with E-state index in [1.807, 2.05) is 20.8 Å². The van der Waals surface area contributed by atoms with Gasteiger partial charge in [0.2, 0.25) is 0 Å². The average molecular weight is 197 g/mol. The smallest absolute Gasteiger partial charge is 0.405 e. The van der Waals surface area contributed by atoms with Crippen molar-refractivity contribution in [2.24, 2.45) is 5.41 Å². The van der Waals surface area contributed by atoms with Crippen LogP contribution in [0.15, 0.2) is 12.4 Å². The third-order valence-electron chi connectivity index (χ3n) is 1.93. The van der Waals surface area contributed by atoms with Crippen LogP contribution < -0.4 is 5.32 Å². The molecule has 1 amide bonds. The molecule has 14 heavy (non-hydrogen) atoms. The maximum atomic E-state index is 10.6. The fourth-order valence-corrected chi connectivity index (χ4v) is 1.25. The summed E-state index contributed by atoms with van der Waals surface area (Å²) in [6, 6.07) is -0.324. The molecule has 1 heterocycles. The van der Waals surface area contributed by atoms with Gasteiger partial charge in [-0.2, -0.15) is 0 Å². The molecule has 1 atom stereocenters. The van der Waals surface area contributed by atoms with Crippen LogP contribution in [0.5, 0.6) is 0 Å². The van der Waals surface area contributed by atoms with Crippen LogP contribution in [-0.4, -0.2) is 21.2 Å². The number of nitrogens with one attached hydrogen (secondary N) is 2. The van der Waals surface area contributed by atoms with Crippen LogP contribution in [-0.2, 0) is 0 Å². The van der Waals surface area contributed by atoms with Gasteiger partial charge in [0.25, 0.3) is 0 Å². The zero-order chi connectivity index (χ0) is 10.8. The molecular formula is C9H15N3O2. The molecule has 0 aliphatic carbocycles. The summed E-state index contributed by atoms with van der Waals surface area (Å²) in [6.07, 6.45) is 2.25. The van der Waals surface area contributed by atoms with Crippen LogP contribution in [0, 0.1) is 5.41 Å². The highest BCUT2D eigenvalue weighted by atomic mass is 16.4. The first-order valence-corrected chi connectivity index (χ1v) is 4.40. The van der Waals surface area contributed by atoms with Gasteiger partial charge in [-0.3, -0.25) is 0 Å². The lowest BCUT2D eigenvalue weighted by Gasteiger charge is -2.28. The topological polar surface area (TPSA) is 78.0 Å². The number of hydrogen-bond donors (Lipinski definition) is 3. The number of aromatic amines is 1. The third-order valence-corrected chi connectivity index (χ3v) is 1.93. The van der Waals surface area contributed by atoms with Crippen molar-refractivity contribution >= 4 is 6.09 Å². The van der Waals surface area contributed by atoms with E-state index in [0.29, 0.717) is 5.82 Å². The Bertz CT molecular complexity index is 300. The van der Waals surface area contributed by atoms with Gasteiger partial charge in [0.1, 0.15) is 5.82 Å². The quantitative estimate of drug-likeness (QED) is 0.676. The third kappa shape index (κ3) is 2.48. The molecule has 0 spiro atoms. The Morgan fingerprint density at radius 2 is 2.29 bits per heavy atom. The normalized spacial score (nSPS) is 13.6. The van der Waals surface area contributed by atoms with Crippen LogP contribution in [0.2, 0.25) is 0 Å². The van der Waals surface area contributed by atoms with Crippen LogP contribution >= 0.6 is 0 Å². The molecule has 0 aliphatic rings. The van der Waals surface area contributed by atoms with Crippen LogP contribution in [0.4, 0.5) is 4.79 Å². The first-order valence-electron chi connectivity index (χ1n) is 4.40. The Morgan fingerprint density at radius 1 is 1.64 bits per heavy atom. The summed E-state index contributed by atoms with van der Waals surface area (Å²) in [5.41, 5.74) is -0.212. The second-order valence-corrected chi connectivity index (χ2v) is 4.22. The summed E-state index contributed by atoms with van der Waals surface area (Å²) in [6.45, 7) is 5.86. The molecule has 0 saturated heterocycles. The summed E-state index contributed by atoms with van der Waals surface area (Å²) >= 11 is 0. The molecule has 5 nitrogen and oxygen atoms in total. The molecule has 5 heteroatoms. The van der Waals surface area contributed by atoms with Crippen molar-refractivity contribution in [3.05, 3.63) is 18.2 Å². The van der Waals surface area contributed by atoms with Gasteiger partial charge in [-0.15, -0.1) is 0 Å². The predicted octanol–water partition coefficient (Wildman–Crippen LogP) is 1.76. The number of hydrogen-bond acceptors (Lipinski definition) is 2. The van der Waals surface area contributed by atoms with Crippen LogP contribution in [0.3, 0.4) is 0 Å². The van der Waals surface area contributed by atoms with Gasteiger partial charge < -0.3 is 15.4 Å². The van der Waals surface area contributed by atoms with Crippen molar-refractivity contribution in [2.75, 3.05) is 0 Å². The fraction of sp³-hybridized carbons (Fsp3) is 0.556. The monoisotopic (exact) mass is 197 g/mol. The average Bonchev–Trinajstić information content (AvgIpc) is 2.49. The minimum absolute atomic E-state index is 0.212. The fourth-order valence-electron chi connectivity index (χ4n) is 1.25.